The van der Waals surface area contributed by atoms with Gasteiger partial charge in [0.05, 0.1) is 18.3 Å². The zero-order valence-electron chi connectivity index (χ0n) is 9.44. The number of carbonyl (C=O) groups excluding carboxylic acids is 1. The first-order valence-electron chi connectivity index (χ1n) is 5.69. The Morgan fingerprint density at radius 3 is 3.00 bits per heavy atom. The minimum atomic E-state index is -0.0327. The highest BCUT2D eigenvalue weighted by atomic mass is 16.2. The predicted molar refractivity (Wildman–Crippen MR) is 61.8 cm³/mol. The van der Waals surface area contributed by atoms with E-state index in [2.05, 4.69) is 15.6 Å². The topological polar surface area (TPSA) is 54.0 Å². The highest BCUT2D eigenvalue weighted by molar-refractivity contribution is 5.78. The van der Waals surface area contributed by atoms with E-state index >= 15 is 0 Å². The lowest BCUT2D eigenvalue weighted by Crippen LogP contribution is -2.36. The number of carbonyl (C=O) groups is 1. The number of hydrogen-bond donors (Lipinski definition) is 2. The zero-order chi connectivity index (χ0) is 11.4. The van der Waals surface area contributed by atoms with E-state index in [-0.39, 0.29) is 11.9 Å². The maximum atomic E-state index is 11.6. The van der Waals surface area contributed by atoms with Gasteiger partial charge in [-0.05, 0) is 31.9 Å². The lowest BCUT2D eigenvalue weighted by Gasteiger charge is -2.13. The van der Waals surface area contributed by atoms with Gasteiger partial charge in [-0.3, -0.25) is 9.78 Å². The van der Waals surface area contributed by atoms with Gasteiger partial charge in [0.25, 0.3) is 0 Å². The second-order valence-electron chi connectivity index (χ2n) is 4.20. The minimum absolute atomic E-state index is 0.0325. The fraction of sp³-hybridized carbons (Fsp3) is 0.500. The molecule has 4 heteroatoms. The number of aromatic nitrogens is 1. The summed E-state index contributed by atoms with van der Waals surface area (Å²) in [5.74, 6) is 0.0325. The molecule has 2 rings (SSSR count). The number of nitrogens with one attached hydrogen (secondary N) is 2. The third-order valence-electron chi connectivity index (χ3n) is 2.64. The van der Waals surface area contributed by atoms with E-state index in [0.29, 0.717) is 12.6 Å². The van der Waals surface area contributed by atoms with Crippen LogP contribution in [-0.2, 0) is 4.79 Å². The van der Waals surface area contributed by atoms with Crippen molar-refractivity contribution in [3.63, 3.8) is 0 Å². The quantitative estimate of drug-likeness (QED) is 0.777. The van der Waals surface area contributed by atoms with Gasteiger partial charge in [-0.25, -0.2) is 0 Å². The Morgan fingerprint density at radius 1 is 1.56 bits per heavy atom. The summed E-state index contributed by atoms with van der Waals surface area (Å²) < 4.78 is 0. The molecule has 1 heterocycles. The van der Waals surface area contributed by atoms with Gasteiger partial charge in [0.15, 0.2) is 0 Å². The van der Waals surface area contributed by atoms with Gasteiger partial charge in [-0.2, -0.15) is 0 Å². The van der Waals surface area contributed by atoms with Crippen molar-refractivity contribution in [3.8, 4) is 0 Å². The number of amides is 1. The van der Waals surface area contributed by atoms with Crippen LogP contribution in [0.25, 0.3) is 0 Å². The van der Waals surface area contributed by atoms with Crippen molar-refractivity contribution in [2.45, 2.75) is 31.8 Å². The molecular weight excluding hydrogens is 202 g/mol. The standard InChI is InChI=1S/C12H17N3O/c1-9(11-4-2-3-7-13-11)15-12(16)8-14-10-5-6-10/h2-4,7,9-10,14H,5-6,8H2,1H3,(H,15,16). The molecule has 86 valence electrons. The summed E-state index contributed by atoms with van der Waals surface area (Å²) >= 11 is 0. The fourth-order valence-corrected chi connectivity index (χ4v) is 1.52. The highest BCUT2D eigenvalue weighted by Gasteiger charge is 2.21. The van der Waals surface area contributed by atoms with Gasteiger partial charge in [0, 0.05) is 12.2 Å². The molecule has 1 atom stereocenters. The first kappa shape index (κ1) is 11.1. The SMILES string of the molecule is CC(NC(=O)CNC1CC1)c1ccccn1. The van der Waals surface area contributed by atoms with E-state index in [1.807, 2.05) is 25.1 Å². The van der Waals surface area contributed by atoms with Crippen LogP contribution in [0.1, 0.15) is 31.5 Å². The Balaban J connectivity index is 1.77. The molecule has 4 nitrogen and oxygen atoms in total. The lowest BCUT2D eigenvalue weighted by molar-refractivity contribution is -0.120. The summed E-state index contributed by atoms with van der Waals surface area (Å²) in [6, 6.07) is 6.24. The Bertz CT molecular complexity index is 349. The molecule has 1 unspecified atom stereocenters. The van der Waals surface area contributed by atoms with Gasteiger partial charge in [0.1, 0.15) is 0 Å². The monoisotopic (exact) mass is 219 g/mol. The van der Waals surface area contributed by atoms with Crippen molar-refractivity contribution < 1.29 is 4.79 Å². The van der Waals surface area contributed by atoms with Crippen LogP contribution in [0.15, 0.2) is 24.4 Å². The molecule has 1 aromatic heterocycles. The number of pyridine rings is 1. The van der Waals surface area contributed by atoms with Gasteiger partial charge in [-0.1, -0.05) is 6.07 Å². The normalized spacial score (nSPS) is 16.8. The van der Waals surface area contributed by atoms with Crippen molar-refractivity contribution in [2.24, 2.45) is 0 Å². The number of nitrogens with zero attached hydrogens (tertiary/aromatic N) is 1. The third-order valence-corrected chi connectivity index (χ3v) is 2.64. The summed E-state index contributed by atoms with van der Waals surface area (Å²) in [5.41, 5.74) is 0.891. The first-order valence-corrected chi connectivity index (χ1v) is 5.69. The summed E-state index contributed by atoms with van der Waals surface area (Å²) in [6.45, 7) is 2.35. The molecule has 1 amide bonds. The molecule has 1 aromatic rings. The van der Waals surface area contributed by atoms with E-state index in [1.165, 1.54) is 12.8 Å². The van der Waals surface area contributed by atoms with E-state index in [4.69, 9.17) is 0 Å². The molecule has 0 saturated heterocycles. The number of hydrogen-bond acceptors (Lipinski definition) is 3. The second kappa shape index (κ2) is 5.07. The molecule has 0 bridgehead atoms. The van der Waals surface area contributed by atoms with Crippen molar-refractivity contribution in [3.05, 3.63) is 30.1 Å². The minimum Gasteiger partial charge on any atom is -0.347 e. The van der Waals surface area contributed by atoms with Crippen LogP contribution >= 0.6 is 0 Å². The van der Waals surface area contributed by atoms with E-state index < -0.39 is 0 Å². The van der Waals surface area contributed by atoms with Gasteiger partial charge >= 0.3 is 0 Å². The molecular formula is C12H17N3O. The summed E-state index contributed by atoms with van der Waals surface area (Å²) in [7, 11) is 0. The van der Waals surface area contributed by atoms with Crippen molar-refractivity contribution in [2.75, 3.05) is 6.54 Å². The largest absolute Gasteiger partial charge is 0.347 e. The maximum absolute atomic E-state index is 11.6. The zero-order valence-corrected chi connectivity index (χ0v) is 9.44. The Labute approximate surface area is 95.5 Å². The van der Waals surface area contributed by atoms with E-state index in [0.717, 1.165) is 5.69 Å². The first-order chi connectivity index (χ1) is 7.75. The third kappa shape index (κ3) is 3.31. The van der Waals surface area contributed by atoms with Crippen molar-refractivity contribution in [1.82, 2.24) is 15.6 Å². The molecule has 2 N–H and O–H groups in total. The Morgan fingerprint density at radius 2 is 2.38 bits per heavy atom. The highest BCUT2D eigenvalue weighted by Crippen LogP contribution is 2.18. The summed E-state index contributed by atoms with van der Waals surface area (Å²) in [5, 5.41) is 6.10. The molecule has 0 aliphatic heterocycles. The molecule has 0 radical (unpaired) electrons. The summed E-state index contributed by atoms with van der Waals surface area (Å²) in [6.07, 6.45) is 4.13. The molecule has 0 aromatic carbocycles. The van der Waals surface area contributed by atoms with Gasteiger partial charge in [-0.15, -0.1) is 0 Å². The van der Waals surface area contributed by atoms with Crippen molar-refractivity contribution >= 4 is 5.91 Å². The molecule has 1 aliphatic rings. The fourth-order valence-electron chi connectivity index (χ4n) is 1.52. The van der Waals surface area contributed by atoms with Crippen LogP contribution in [0.5, 0.6) is 0 Å². The van der Waals surface area contributed by atoms with E-state index in [9.17, 15) is 4.79 Å². The number of rotatable bonds is 5. The van der Waals surface area contributed by atoms with Crippen LogP contribution in [0, 0.1) is 0 Å². The van der Waals surface area contributed by atoms with Gasteiger partial charge < -0.3 is 10.6 Å². The lowest BCUT2D eigenvalue weighted by atomic mass is 10.2. The smallest absolute Gasteiger partial charge is 0.234 e. The average molecular weight is 219 g/mol. The second-order valence-corrected chi connectivity index (χ2v) is 4.20. The molecule has 1 aliphatic carbocycles. The molecule has 16 heavy (non-hydrogen) atoms. The van der Waals surface area contributed by atoms with Crippen LogP contribution in [0.2, 0.25) is 0 Å². The van der Waals surface area contributed by atoms with Gasteiger partial charge in [0.2, 0.25) is 5.91 Å². The Kier molecular flexibility index (Phi) is 3.51. The summed E-state index contributed by atoms with van der Waals surface area (Å²) in [4.78, 5) is 15.8. The van der Waals surface area contributed by atoms with E-state index in [1.54, 1.807) is 6.20 Å². The van der Waals surface area contributed by atoms with Crippen LogP contribution in [0.4, 0.5) is 0 Å². The predicted octanol–water partition coefficient (Wildman–Crippen LogP) is 1.01. The van der Waals surface area contributed by atoms with Crippen LogP contribution < -0.4 is 10.6 Å². The van der Waals surface area contributed by atoms with Crippen molar-refractivity contribution in [1.29, 1.82) is 0 Å². The Hall–Kier alpha value is -1.42. The average Bonchev–Trinajstić information content (AvgIpc) is 3.11. The molecule has 1 saturated carbocycles. The van der Waals surface area contributed by atoms with Crippen LogP contribution in [-0.4, -0.2) is 23.5 Å². The molecule has 1 fully saturated rings. The van der Waals surface area contributed by atoms with Crippen LogP contribution in [0.3, 0.4) is 0 Å². The molecule has 0 spiro atoms. The maximum Gasteiger partial charge on any atom is 0.234 e.